The number of unbranched alkanes of at least 4 members (excludes halogenated alkanes) is 7. The molecule has 2 nitrogen and oxygen atoms in total. The summed E-state index contributed by atoms with van der Waals surface area (Å²) >= 11 is 0. The third kappa shape index (κ3) is 8.10. The summed E-state index contributed by atoms with van der Waals surface area (Å²) in [5.74, 6) is 0.469. The molecule has 0 amide bonds. The molecule has 0 bridgehead atoms. The first-order valence-electron chi connectivity index (χ1n) is 7.92. The number of aliphatic hydroxyl groups is 1. The minimum atomic E-state index is -0.110. The molecule has 110 valence electrons. The molecule has 0 spiro atoms. The Hall–Kier alpha value is -0.0800. The van der Waals surface area contributed by atoms with Gasteiger partial charge in [0.25, 0.3) is 0 Å². The van der Waals surface area contributed by atoms with Gasteiger partial charge in [-0.15, -0.1) is 0 Å². The molecule has 0 saturated heterocycles. The van der Waals surface area contributed by atoms with Gasteiger partial charge in [0.2, 0.25) is 0 Å². The maximum atomic E-state index is 9.42. The van der Waals surface area contributed by atoms with Crippen LogP contribution >= 0.6 is 0 Å². The van der Waals surface area contributed by atoms with Gasteiger partial charge in [0, 0.05) is 5.54 Å². The van der Waals surface area contributed by atoms with Crippen molar-refractivity contribution in [3.05, 3.63) is 0 Å². The van der Waals surface area contributed by atoms with Crippen molar-refractivity contribution in [3.8, 4) is 0 Å². The summed E-state index contributed by atoms with van der Waals surface area (Å²) in [7, 11) is 0. The fourth-order valence-corrected chi connectivity index (χ4v) is 2.08. The van der Waals surface area contributed by atoms with E-state index in [1.807, 2.05) is 0 Å². The Balaban J connectivity index is 3.39. The van der Waals surface area contributed by atoms with Crippen LogP contribution in [0.25, 0.3) is 0 Å². The third-order valence-corrected chi connectivity index (χ3v) is 4.16. The minimum Gasteiger partial charge on any atom is -0.394 e. The lowest BCUT2D eigenvalue weighted by Gasteiger charge is -2.33. The zero-order valence-electron chi connectivity index (χ0n) is 13.1. The predicted octanol–water partition coefficient (Wildman–Crippen LogP) is 4.12. The van der Waals surface area contributed by atoms with E-state index in [2.05, 4.69) is 33.0 Å². The molecule has 0 rings (SSSR count). The van der Waals surface area contributed by atoms with Crippen molar-refractivity contribution < 1.29 is 5.11 Å². The standard InChI is InChI=1S/C16H35NO/c1-5-6-7-8-9-10-11-12-13-17-16(4,14-18)15(2)3/h15,17-18H,5-14H2,1-4H3/t16-/m0/s1. The highest BCUT2D eigenvalue weighted by Crippen LogP contribution is 2.15. The fraction of sp³-hybridized carbons (Fsp3) is 1.00. The van der Waals surface area contributed by atoms with Crippen molar-refractivity contribution in [3.63, 3.8) is 0 Å². The molecule has 2 N–H and O–H groups in total. The van der Waals surface area contributed by atoms with Crippen LogP contribution in [0.3, 0.4) is 0 Å². The van der Waals surface area contributed by atoms with E-state index in [1.54, 1.807) is 0 Å². The largest absolute Gasteiger partial charge is 0.394 e. The molecular formula is C16H35NO. The zero-order chi connectivity index (χ0) is 13.9. The summed E-state index contributed by atoms with van der Waals surface area (Å²) in [5, 5.41) is 12.9. The van der Waals surface area contributed by atoms with Crippen LogP contribution in [0, 0.1) is 5.92 Å². The Kier molecular flexibility index (Phi) is 10.8. The Morgan fingerprint density at radius 2 is 1.44 bits per heavy atom. The van der Waals surface area contributed by atoms with Gasteiger partial charge < -0.3 is 10.4 Å². The maximum absolute atomic E-state index is 9.42. The van der Waals surface area contributed by atoms with Crippen LogP contribution in [0.5, 0.6) is 0 Å². The molecule has 18 heavy (non-hydrogen) atoms. The summed E-state index contributed by atoms with van der Waals surface area (Å²) in [6.45, 7) is 9.96. The van der Waals surface area contributed by atoms with Crippen molar-refractivity contribution in [2.24, 2.45) is 5.92 Å². The Morgan fingerprint density at radius 1 is 0.944 bits per heavy atom. The van der Waals surface area contributed by atoms with Crippen LogP contribution < -0.4 is 5.32 Å². The molecule has 0 aliphatic rings. The molecule has 0 aromatic rings. The average Bonchev–Trinajstić information content (AvgIpc) is 2.36. The lowest BCUT2D eigenvalue weighted by Crippen LogP contribution is -2.50. The van der Waals surface area contributed by atoms with Crippen LogP contribution in [-0.2, 0) is 0 Å². The van der Waals surface area contributed by atoms with E-state index < -0.39 is 0 Å². The highest BCUT2D eigenvalue weighted by atomic mass is 16.3. The minimum absolute atomic E-state index is 0.110. The summed E-state index contributed by atoms with van der Waals surface area (Å²) in [6, 6.07) is 0. The first-order valence-corrected chi connectivity index (χ1v) is 7.92. The van der Waals surface area contributed by atoms with Crippen molar-refractivity contribution in [2.75, 3.05) is 13.2 Å². The molecule has 0 unspecified atom stereocenters. The molecule has 0 aromatic heterocycles. The Labute approximate surface area is 115 Å². The van der Waals surface area contributed by atoms with Crippen molar-refractivity contribution in [1.82, 2.24) is 5.32 Å². The quantitative estimate of drug-likeness (QED) is 0.515. The van der Waals surface area contributed by atoms with E-state index in [-0.39, 0.29) is 12.1 Å². The Bertz CT molecular complexity index is 182. The third-order valence-electron chi connectivity index (χ3n) is 4.16. The van der Waals surface area contributed by atoms with Crippen molar-refractivity contribution in [2.45, 2.75) is 84.6 Å². The summed E-state index contributed by atoms with van der Waals surface area (Å²) < 4.78 is 0. The fourth-order valence-electron chi connectivity index (χ4n) is 2.08. The molecule has 2 heteroatoms. The molecule has 1 atom stereocenters. The summed E-state index contributed by atoms with van der Waals surface area (Å²) in [6.07, 6.45) is 10.8. The Morgan fingerprint density at radius 3 is 1.89 bits per heavy atom. The smallest absolute Gasteiger partial charge is 0.0613 e. The second kappa shape index (κ2) is 10.8. The molecule has 0 aliphatic heterocycles. The van der Waals surface area contributed by atoms with Crippen molar-refractivity contribution in [1.29, 1.82) is 0 Å². The lowest BCUT2D eigenvalue weighted by atomic mass is 9.89. The predicted molar refractivity (Wildman–Crippen MR) is 80.9 cm³/mol. The first kappa shape index (κ1) is 17.9. The van der Waals surface area contributed by atoms with Gasteiger partial charge in [0.15, 0.2) is 0 Å². The van der Waals surface area contributed by atoms with Gasteiger partial charge in [-0.25, -0.2) is 0 Å². The monoisotopic (exact) mass is 257 g/mol. The molecule has 0 radical (unpaired) electrons. The molecule has 0 aromatic carbocycles. The van der Waals surface area contributed by atoms with Gasteiger partial charge in [-0.05, 0) is 25.8 Å². The number of nitrogens with one attached hydrogen (secondary N) is 1. The molecule has 0 saturated carbocycles. The molecule has 0 fully saturated rings. The number of hydrogen-bond acceptors (Lipinski definition) is 2. The molecular weight excluding hydrogens is 222 g/mol. The van der Waals surface area contributed by atoms with Crippen LogP contribution in [-0.4, -0.2) is 23.8 Å². The van der Waals surface area contributed by atoms with Gasteiger partial charge in [-0.2, -0.15) is 0 Å². The summed E-state index contributed by atoms with van der Waals surface area (Å²) in [5.41, 5.74) is -0.110. The van der Waals surface area contributed by atoms with Gasteiger partial charge in [-0.3, -0.25) is 0 Å². The topological polar surface area (TPSA) is 32.3 Å². The van der Waals surface area contributed by atoms with E-state index in [4.69, 9.17) is 0 Å². The van der Waals surface area contributed by atoms with E-state index in [9.17, 15) is 5.11 Å². The summed E-state index contributed by atoms with van der Waals surface area (Å²) in [4.78, 5) is 0. The maximum Gasteiger partial charge on any atom is 0.0613 e. The average molecular weight is 257 g/mol. The van der Waals surface area contributed by atoms with E-state index in [0.29, 0.717) is 5.92 Å². The van der Waals surface area contributed by atoms with Gasteiger partial charge >= 0.3 is 0 Å². The van der Waals surface area contributed by atoms with Gasteiger partial charge in [0.1, 0.15) is 0 Å². The van der Waals surface area contributed by atoms with E-state index in [1.165, 1.54) is 51.4 Å². The van der Waals surface area contributed by atoms with Crippen LogP contribution in [0.2, 0.25) is 0 Å². The highest BCUT2D eigenvalue weighted by molar-refractivity contribution is 4.85. The first-order chi connectivity index (χ1) is 8.56. The number of hydrogen-bond donors (Lipinski definition) is 2. The van der Waals surface area contributed by atoms with Crippen LogP contribution in [0.15, 0.2) is 0 Å². The van der Waals surface area contributed by atoms with Crippen LogP contribution in [0.1, 0.15) is 79.1 Å². The SMILES string of the molecule is CCCCCCCCCCN[C@@](C)(CO)C(C)C. The second-order valence-corrected chi connectivity index (χ2v) is 6.13. The van der Waals surface area contributed by atoms with Crippen LogP contribution in [0.4, 0.5) is 0 Å². The van der Waals surface area contributed by atoms with Crippen molar-refractivity contribution >= 4 is 0 Å². The number of rotatable bonds is 12. The lowest BCUT2D eigenvalue weighted by molar-refractivity contribution is 0.133. The van der Waals surface area contributed by atoms with Gasteiger partial charge in [-0.1, -0.05) is 65.7 Å². The number of aliphatic hydroxyl groups excluding tert-OH is 1. The van der Waals surface area contributed by atoms with E-state index in [0.717, 1.165) is 6.54 Å². The van der Waals surface area contributed by atoms with E-state index >= 15 is 0 Å². The second-order valence-electron chi connectivity index (χ2n) is 6.13. The molecule has 0 aliphatic carbocycles. The highest BCUT2D eigenvalue weighted by Gasteiger charge is 2.25. The molecule has 0 heterocycles. The zero-order valence-corrected chi connectivity index (χ0v) is 13.1. The normalized spacial score (nSPS) is 15.0. The van der Waals surface area contributed by atoms with Gasteiger partial charge in [0.05, 0.1) is 6.61 Å².